The van der Waals surface area contributed by atoms with Crippen molar-refractivity contribution in [3.05, 3.63) is 75.3 Å². The summed E-state index contributed by atoms with van der Waals surface area (Å²) in [5.41, 5.74) is 3.84. The molecule has 0 spiro atoms. The smallest absolute Gasteiger partial charge is 0.269 e. The van der Waals surface area contributed by atoms with Gasteiger partial charge in [-0.3, -0.25) is 10.1 Å². The molecule has 1 N–H and O–H groups in total. The third-order valence-corrected chi connectivity index (χ3v) is 3.78. The molecule has 1 aliphatic heterocycles. The molecule has 2 aromatic rings. The van der Waals surface area contributed by atoms with E-state index in [2.05, 4.69) is 23.5 Å². The Morgan fingerprint density at radius 2 is 2.05 bits per heavy atom. The van der Waals surface area contributed by atoms with Gasteiger partial charge in [0.2, 0.25) is 0 Å². The van der Waals surface area contributed by atoms with Crippen LogP contribution in [-0.2, 0) is 12.8 Å². The minimum atomic E-state index is -0.342. The Morgan fingerprint density at radius 1 is 1.20 bits per heavy atom. The first-order valence-corrected chi connectivity index (χ1v) is 6.78. The molecule has 0 fully saturated rings. The summed E-state index contributed by atoms with van der Waals surface area (Å²) in [6.45, 7) is 0.955. The molecule has 0 bridgehead atoms. The quantitative estimate of drug-likeness (QED) is 0.687. The van der Waals surface area contributed by atoms with E-state index in [1.54, 1.807) is 12.1 Å². The second-order valence-electron chi connectivity index (χ2n) is 5.09. The molecule has 20 heavy (non-hydrogen) atoms. The van der Waals surface area contributed by atoms with Gasteiger partial charge in [0.25, 0.3) is 5.69 Å². The van der Waals surface area contributed by atoms with E-state index in [0.717, 1.165) is 24.9 Å². The van der Waals surface area contributed by atoms with Gasteiger partial charge in [0, 0.05) is 18.2 Å². The van der Waals surface area contributed by atoms with Crippen LogP contribution in [0.3, 0.4) is 0 Å². The third kappa shape index (κ3) is 2.56. The molecular formula is C16H16N2O2. The molecule has 0 amide bonds. The topological polar surface area (TPSA) is 55.2 Å². The molecule has 1 heterocycles. The fourth-order valence-corrected chi connectivity index (χ4v) is 2.81. The van der Waals surface area contributed by atoms with Crippen LogP contribution in [0.1, 0.15) is 22.7 Å². The summed E-state index contributed by atoms with van der Waals surface area (Å²) < 4.78 is 0. The van der Waals surface area contributed by atoms with Gasteiger partial charge in [-0.2, -0.15) is 0 Å². The van der Waals surface area contributed by atoms with Gasteiger partial charge in [-0.05, 0) is 36.1 Å². The maximum atomic E-state index is 10.8. The van der Waals surface area contributed by atoms with Gasteiger partial charge in [-0.1, -0.05) is 36.4 Å². The zero-order valence-corrected chi connectivity index (χ0v) is 11.1. The largest absolute Gasteiger partial charge is 0.309 e. The molecule has 0 saturated carbocycles. The summed E-state index contributed by atoms with van der Waals surface area (Å²) in [6.07, 6.45) is 1.82. The number of nitrogens with one attached hydrogen (secondary N) is 1. The number of rotatable bonds is 3. The van der Waals surface area contributed by atoms with Gasteiger partial charge in [0.1, 0.15) is 0 Å². The van der Waals surface area contributed by atoms with E-state index in [9.17, 15) is 10.1 Å². The number of benzene rings is 2. The fourth-order valence-electron chi connectivity index (χ4n) is 2.81. The number of non-ortho nitro benzene ring substituents is 1. The number of nitro groups is 1. The molecule has 0 aliphatic carbocycles. The maximum absolute atomic E-state index is 10.8. The van der Waals surface area contributed by atoms with Crippen LogP contribution in [0.4, 0.5) is 5.69 Å². The van der Waals surface area contributed by atoms with Crippen molar-refractivity contribution in [2.75, 3.05) is 6.54 Å². The first-order valence-electron chi connectivity index (χ1n) is 6.78. The Morgan fingerprint density at radius 3 is 2.90 bits per heavy atom. The van der Waals surface area contributed by atoms with Crippen LogP contribution in [0.15, 0.2) is 48.5 Å². The van der Waals surface area contributed by atoms with Crippen molar-refractivity contribution in [1.82, 2.24) is 5.32 Å². The van der Waals surface area contributed by atoms with Crippen molar-refractivity contribution in [3.8, 4) is 0 Å². The predicted octanol–water partition coefficient (Wildman–Crippen LogP) is 3.02. The van der Waals surface area contributed by atoms with E-state index in [4.69, 9.17) is 0 Å². The molecule has 0 aromatic heterocycles. The van der Waals surface area contributed by atoms with E-state index in [0.29, 0.717) is 0 Å². The highest BCUT2D eigenvalue weighted by molar-refractivity contribution is 5.37. The average molecular weight is 268 g/mol. The van der Waals surface area contributed by atoms with Gasteiger partial charge in [0.05, 0.1) is 4.92 Å². The Bertz CT molecular complexity index is 640. The molecule has 1 atom stereocenters. The van der Waals surface area contributed by atoms with Gasteiger partial charge < -0.3 is 5.32 Å². The van der Waals surface area contributed by atoms with Gasteiger partial charge in [-0.15, -0.1) is 0 Å². The van der Waals surface area contributed by atoms with Crippen molar-refractivity contribution in [3.63, 3.8) is 0 Å². The number of nitrogens with zero attached hydrogens (tertiary/aromatic N) is 1. The predicted molar refractivity (Wildman–Crippen MR) is 77.7 cm³/mol. The number of nitro benzene ring substituents is 1. The zero-order valence-electron chi connectivity index (χ0n) is 11.1. The molecule has 0 radical (unpaired) electrons. The summed E-state index contributed by atoms with van der Waals surface area (Å²) in [6, 6.07) is 15.6. The summed E-state index contributed by atoms with van der Waals surface area (Å²) in [5.74, 6) is 0. The minimum Gasteiger partial charge on any atom is -0.309 e. The van der Waals surface area contributed by atoms with Crippen LogP contribution in [0.5, 0.6) is 0 Å². The molecule has 0 saturated heterocycles. The van der Waals surface area contributed by atoms with E-state index < -0.39 is 0 Å². The lowest BCUT2D eigenvalue weighted by Gasteiger charge is -2.27. The van der Waals surface area contributed by atoms with Crippen LogP contribution in [0.25, 0.3) is 0 Å². The SMILES string of the molecule is O=[N+]([O-])c1cccc(CC2NCCc3ccccc32)c1. The summed E-state index contributed by atoms with van der Waals surface area (Å²) in [5, 5.41) is 14.3. The maximum Gasteiger partial charge on any atom is 0.269 e. The highest BCUT2D eigenvalue weighted by atomic mass is 16.6. The molecule has 4 nitrogen and oxygen atoms in total. The van der Waals surface area contributed by atoms with Crippen LogP contribution in [-0.4, -0.2) is 11.5 Å². The van der Waals surface area contributed by atoms with E-state index in [1.807, 2.05) is 12.1 Å². The first-order chi connectivity index (χ1) is 9.74. The van der Waals surface area contributed by atoms with Crippen LogP contribution < -0.4 is 5.32 Å². The van der Waals surface area contributed by atoms with Crippen molar-refractivity contribution in [1.29, 1.82) is 0 Å². The second kappa shape index (κ2) is 5.43. The Balaban J connectivity index is 1.85. The van der Waals surface area contributed by atoms with Gasteiger partial charge in [-0.25, -0.2) is 0 Å². The molecule has 4 heteroatoms. The van der Waals surface area contributed by atoms with E-state index in [-0.39, 0.29) is 16.7 Å². The second-order valence-corrected chi connectivity index (χ2v) is 5.09. The number of hydrogen-bond donors (Lipinski definition) is 1. The fraction of sp³-hybridized carbons (Fsp3) is 0.250. The monoisotopic (exact) mass is 268 g/mol. The molecular weight excluding hydrogens is 252 g/mol. The molecule has 1 aliphatic rings. The summed E-state index contributed by atoms with van der Waals surface area (Å²) in [7, 11) is 0. The average Bonchev–Trinajstić information content (AvgIpc) is 2.48. The van der Waals surface area contributed by atoms with Crippen molar-refractivity contribution < 1.29 is 4.92 Å². The van der Waals surface area contributed by atoms with E-state index >= 15 is 0 Å². The summed E-state index contributed by atoms with van der Waals surface area (Å²) in [4.78, 5) is 10.5. The molecule has 2 aromatic carbocycles. The molecule has 3 rings (SSSR count). The normalized spacial score (nSPS) is 17.5. The van der Waals surface area contributed by atoms with Gasteiger partial charge >= 0.3 is 0 Å². The molecule has 102 valence electrons. The highest BCUT2D eigenvalue weighted by Crippen LogP contribution is 2.26. The Hall–Kier alpha value is -2.20. The third-order valence-electron chi connectivity index (χ3n) is 3.78. The van der Waals surface area contributed by atoms with E-state index in [1.165, 1.54) is 17.2 Å². The first kappa shape index (κ1) is 12.8. The van der Waals surface area contributed by atoms with Crippen LogP contribution >= 0.6 is 0 Å². The number of hydrogen-bond acceptors (Lipinski definition) is 3. The zero-order chi connectivity index (χ0) is 13.9. The Labute approximate surface area is 117 Å². The lowest BCUT2D eigenvalue weighted by Crippen LogP contribution is -2.31. The Kier molecular flexibility index (Phi) is 3.48. The van der Waals surface area contributed by atoms with Crippen LogP contribution in [0, 0.1) is 10.1 Å². The summed E-state index contributed by atoms with van der Waals surface area (Å²) >= 11 is 0. The van der Waals surface area contributed by atoms with Crippen molar-refractivity contribution in [2.24, 2.45) is 0 Å². The molecule has 1 unspecified atom stereocenters. The van der Waals surface area contributed by atoms with Crippen LogP contribution in [0.2, 0.25) is 0 Å². The minimum absolute atomic E-state index is 0.159. The number of fused-ring (bicyclic) bond motifs is 1. The van der Waals surface area contributed by atoms with Crippen molar-refractivity contribution >= 4 is 5.69 Å². The lowest BCUT2D eigenvalue weighted by molar-refractivity contribution is -0.384. The lowest BCUT2D eigenvalue weighted by atomic mass is 9.90. The van der Waals surface area contributed by atoms with Crippen molar-refractivity contribution in [2.45, 2.75) is 18.9 Å². The standard InChI is InChI=1S/C16H16N2O2/c19-18(20)14-6-3-4-12(10-14)11-16-15-7-2-1-5-13(15)8-9-17-16/h1-7,10,16-17H,8-9,11H2. The highest BCUT2D eigenvalue weighted by Gasteiger charge is 2.19. The van der Waals surface area contributed by atoms with Gasteiger partial charge in [0.15, 0.2) is 0 Å².